The third kappa shape index (κ3) is 2.04. The number of aromatic amines is 1. The summed E-state index contributed by atoms with van der Waals surface area (Å²) >= 11 is 5.92. The second-order valence-electron chi connectivity index (χ2n) is 4.17. The highest BCUT2D eigenvalue weighted by atomic mass is 35.5. The van der Waals surface area contributed by atoms with Gasteiger partial charge in [0.15, 0.2) is 5.65 Å². The Morgan fingerprint density at radius 3 is 2.70 bits per heavy atom. The Bertz CT molecular complexity index is 802. The quantitative estimate of drug-likeness (QED) is 0.732. The minimum Gasteiger partial charge on any atom is -0.329 e. The third-order valence-electron chi connectivity index (χ3n) is 2.96. The van der Waals surface area contributed by atoms with Gasteiger partial charge in [-0.15, -0.1) is 0 Å². The van der Waals surface area contributed by atoms with Crippen molar-refractivity contribution in [1.82, 2.24) is 20.2 Å². The highest BCUT2D eigenvalue weighted by Crippen LogP contribution is 2.28. The molecule has 20 heavy (non-hydrogen) atoms. The van der Waals surface area contributed by atoms with E-state index in [1.807, 2.05) is 24.1 Å². The van der Waals surface area contributed by atoms with Crippen molar-refractivity contribution in [3.63, 3.8) is 0 Å². The molecule has 3 aromatic rings. The van der Waals surface area contributed by atoms with Crippen LogP contribution in [0.15, 0.2) is 30.5 Å². The Labute approximate surface area is 119 Å². The molecule has 3 rings (SSSR count). The summed E-state index contributed by atoms with van der Waals surface area (Å²) in [6, 6.07) is 9.28. The summed E-state index contributed by atoms with van der Waals surface area (Å²) in [6.07, 6.45) is 1.65. The number of nitrogens with zero attached hydrogens (tertiary/aromatic N) is 5. The molecule has 0 atom stereocenters. The van der Waals surface area contributed by atoms with Gasteiger partial charge in [-0.3, -0.25) is 5.10 Å². The fourth-order valence-corrected chi connectivity index (χ4v) is 2.10. The number of benzene rings is 1. The maximum Gasteiger partial charge on any atom is 0.226 e. The number of H-pyrrole nitrogens is 1. The second-order valence-corrected chi connectivity index (χ2v) is 4.50. The molecule has 0 aliphatic rings. The Kier molecular flexibility index (Phi) is 2.97. The first-order valence-electron chi connectivity index (χ1n) is 5.79. The number of fused-ring (bicyclic) bond motifs is 1. The molecule has 7 heteroatoms. The Morgan fingerprint density at radius 1 is 1.25 bits per heavy atom. The zero-order chi connectivity index (χ0) is 14.1. The summed E-state index contributed by atoms with van der Waals surface area (Å²) in [5.74, 6) is 0.651. The standard InChI is InChI=1S/C13H9ClN6/c1-20(9-4-2-8(6-15)3-5-9)12-10-7-16-19-11(10)17-13(14)18-12/h2-5,7H,1H3,(H,16,17,18,19). The average Bonchev–Trinajstić information content (AvgIpc) is 2.94. The maximum absolute atomic E-state index is 8.82. The molecule has 0 unspecified atom stereocenters. The first kappa shape index (κ1) is 12.4. The van der Waals surface area contributed by atoms with E-state index in [2.05, 4.69) is 26.2 Å². The number of nitriles is 1. The van der Waals surface area contributed by atoms with Crippen molar-refractivity contribution in [2.45, 2.75) is 0 Å². The molecule has 0 spiro atoms. The van der Waals surface area contributed by atoms with Crippen LogP contribution in [0.4, 0.5) is 11.5 Å². The summed E-state index contributed by atoms with van der Waals surface area (Å²) in [4.78, 5) is 10.2. The summed E-state index contributed by atoms with van der Waals surface area (Å²) < 4.78 is 0. The van der Waals surface area contributed by atoms with Gasteiger partial charge in [0.2, 0.25) is 5.28 Å². The molecular formula is C13H9ClN6. The van der Waals surface area contributed by atoms with Crippen molar-refractivity contribution in [2.24, 2.45) is 0 Å². The molecule has 0 bridgehead atoms. The number of rotatable bonds is 2. The molecule has 0 saturated heterocycles. The summed E-state index contributed by atoms with van der Waals surface area (Å²) in [5.41, 5.74) is 2.08. The predicted octanol–water partition coefficient (Wildman–Crippen LogP) is 2.65. The van der Waals surface area contributed by atoms with Crippen LogP contribution >= 0.6 is 11.6 Å². The first-order chi connectivity index (χ1) is 9.69. The molecule has 6 nitrogen and oxygen atoms in total. The van der Waals surface area contributed by atoms with Crippen molar-refractivity contribution in [2.75, 3.05) is 11.9 Å². The van der Waals surface area contributed by atoms with Gasteiger partial charge >= 0.3 is 0 Å². The van der Waals surface area contributed by atoms with Crippen LogP contribution in [0.25, 0.3) is 11.0 Å². The predicted molar refractivity (Wildman–Crippen MR) is 75.9 cm³/mol. The number of aromatic nitrogens is 4. The molecule has 0 saturated carbocycles. The number of hydrogen-bond acceptors (Lipinski definition) is 5. The summed E-state index contributed by atoms with van der Waals surface area (Å²) in [6.45, 7) is 0. The normalized spacial score (nSPS) is 10.4. The average molecular weight is 285 g/mol. The lowest BCUT2D eigenvalue weighted by Crippen LogP contribution is -2.12. The van der Waals surface area contributed by atoms with Crippen LogP contribution < -0.4 is 4.90 Å². The first-order valence-corrected chi connectivity index (χ1v) is 6.17. The van der Waals surface area contributed by atoms with Gasteiger partial charge in [-0.05, 0) is 35.9 Å². The van der Waals surface area contributed by atoms with Gasteiger partial charge in [-0.1, -0.05) is 0 Å². The van der Waals surface area contributed by atoms with E-state index < -0.39 is 0 Å². The van der Waals surface area contributed by atoms with Gasteiger partial charge in [0.1, 0.15) is 5.82 Å². The van der Waals surface area contributed by atoms with E-state index in [0.29, 0.717) is 17.0 Å². The molecule has 2 heterocycles. The van der Waals surface area contributed by atoms with Crippen molar-refractivity contribution >= 4 is 34.1 Å². The number of halogens is 1. The topological polar surface area (TPSA) is 81.5 Å². The lowest BCUT2D eigenvalue weighted by molar-refractivity contribution is 1.08. The van der Waals surface area contributed by atoms with Gasteiger partial charge in [-0.25, -0.2) is 0 Å². The molecular weight excluding hydrogens is 276 g/mol. The Hall–Kier alpha value is -2.65. The van der Waals surface area contributed by atoms with E-state index in [4.69, 9.17) is 16.9 Å². The molecule has 0 radical (unpaired) electrons. The Balaban J connectivity index is 2.09. The lowest BCUT2D eigenvalue weighted by atomic mass is 10.2. The zero-order valence-corrected chi connectivity index (χ0v) is 11.3. The summed E-state index contributed by atoms with van der Waals surface area (Å²) in [5, 5.41) is 16.5. The van der Waals surface area contributed by atoms with Crippen molar-refractivity contribution in [1.29, 1.82) is 5.26 Å². The van der Waals surface area contributed by atoms with E-state index >= 15 is 0 Å². The third-order valence-corrected chi connectivity index (χ3v) is 3.13. The van der Waals surface area contributed by atoms with Gasteiger partial charge in [0.25, 0.3) is 0 Å². The van der Waals surface area contributed by atoms with Gasteiger partial charge in [0.05, 0.1) is 23.2 Å². The van der Waals surface area contributed by atoms with E-state index in [1.165, 1.54) is 0 Å². The fraction of sp³-hybridized carbons (Fsp3) is 0.0769. The van der Waals surface area contributed by atoms with E-state index in [0.717, 1.165) is 11.1 Å². The molecule has 0 aliphatic carbocycles. The van der Waals surface area contributed by atoms with Gasteiger partial charge < -0.3 is 4.90 Å². The van der Waals surface area contributed by atoms with Crippen LogP contribution in [0.3, 0.4) is 0 Å². The number of nitrogens with one attached hydrogen (secondary N) is 1. The van der Waals surface area contributed by atoms with Crippen molar-refractivity contribution in [3.05, 3.63) is 41.3 Å². The monoisotopic (exact) mass is 284 g/mol. The summed E-state index contributed by atoms with van der Waals surface area (Å²) in [7, 11) is 1.87. The van der Waals surface area contributed by atoms with Crippen LogP contribution in [0.5, 0.6) is 0 Å². The lowest BCUT2D eigenvalue weighted by Gasteiger charge is -2.18. The zero-order valence-electron chi connectivity index (χ0n) is 10.5. The van der Waals surface area contributed by atoms with Crippen molar-refractivity contribution in [3.8, 4) is 6.07 Å². The van der Waals surface area contributed by atoms with Crippen LogP contribution in [-0.4, -0.2) is 27.2 Å². The highest BCUT2D eigenvalue weighted by molar-refractivity contribution is 6.28. The van der Waals surface area contributed by atoms with E-state index in [-0.39, 0.29) is 5.28 Å². The van der Waals surface area contributed by atoms with Gasteiger partial charge in [0, 0.05) is 12.7 Å². The number of hydrogen-bond donors (Lipinski definition) is 1. The van der Waals surface area contributed by atoms with Gasteiger partial charge in [-0.2, -0.15) is 20.3 Å². The molecule has 98 valence electrons. The minimum atomic E-state index is 0.150. The van der Waals surface area contributed by atoms with Crippen LogP contribution in [0.2, 0.25) is 5.28 Å². The molecule has 1 aromatic carbocycles. The second kappa shape index (κ2) is 4.79. The van der Waals surface area contributed by atoms with Crippen LogP contribution in [0.1, 0.15) is 5.56 Å². The highest BCUT2D eigenvalue weighted by Gasteiger charge is 2.13. The van der Waals surface area contributed by atoms with Crippen LogP contribution in [-0.2, 0) is 0 Å². The smallest absolute Gasteiger partial charge is 0.226 e. The fourth-order valence-electron chi connectivity index (χ4n) is 1.93. The Morgan fingerprint density at radius 2 is 2.00 bits per heavy atom. The minimum absolute atomic E-state index is 0.150. The maximum atomic E-state index is 8.82. The van der Waals surface area contributed by atoms with Crippen molar-refractivity contribution < 1.29 is 0 Å². The SMILES string of the molecule is CN(c1ccc(C#N)cc1)c1nc(Cl)nc2[nH]ncc12. The molecule has 1 N–H and O–H groups in total. The largest absolute Gasteiger partial charge is 0.329 e. The molecule has 0 aliphatic heterocycles. The van der Waals surface area contributed by atoms with E-state index in [1.54, 1.807) is 18.3 Å². The molecule has 0 fully saturated rings. The molecule has 0 amide bonds. The number of anilines is 2. The van der Waals surface area contributed by atoms with Crippen LogP contribution in [0, 0.1) is 11.3 Å². The molecule has 2 aromatic heterocycles. The van der Waals surface area contributed by atoms with E-state index in [9.17, 15) is 0 Å².